The highest BCUT2D eigenvalue weighted by atomic mass is 32.2. The minimum absolute atomic E-state index is 0.0272. The van der Waals surface area contributed by atoms with Gasteiger partial charge >= 0.3 is 0 Å². The van der Waals surface area contributed by atoms with Crippen molar-refractivity contribution in [1.82, 2.24) is 43.8 Å². The highest BCUT2D eigenvalue weighted by Gasteiger charge is 2.30. The maximum absolute atomic E-state index is 13.8. The smallest absolute Gasteiger partial charge is 0.279 e. The SMILES string of the molecule is CCCc1c2nc(-c3cc(S(=O)(=O)N4CCN(CCCN(C)C)CC4)cnc3OCC)[nH]c(=O)c2nn1Cc1ccccn1. The molecule has 0 unspecified atom stereocenters. The summed E-state index contributed by atoms with van der Waals surface area (Å²) in [6.07, 6.45) is 5.53. The summed E-state index contributed by atoms with van der Waals surface area (Å²) in [5.74, 6) is 0.369. The number of aryl methyl sites for hydroxylation is 1. The zero-order chi connectivity index (χ0) is 31.3. The molecule has 1 saturated heterocycles. The molecule has 0 radical (unpaired) electrons. The van der Waals surface area contributed by atoms with E-state index in [-0.39, 0.29) is 22.1 Å². The molecular weight excluding hydrogens is 582 g/mol. The van der Waals surface area contributed by atoms with E-state index in [2.05, 4.69) is 29.9 Å². The number of pyridine rings is 2. The molecule has 5 rings (SSSR count). The van der Waals surface area contributed by atoms with Crippen molar-refractivity contribution in [1.29, 1.82) is 0 Å². The molecule has 0 amide bonds. The van der Waals surface area contributed by atoms with Crippen molar-refractivity contribution in [2.24, 2.45) is 0 Å². The number of H-pyrrole nitrogens is 1. The van der Waals surface area contributed by atoms with Gasteiger partial charge < -0.3 is 19.5 Å². The lowest BCUT2D eigenvalue weighted by molar-refractivity contribution is 0.181. The Balaban J connectivity index is 1.48. The summed E-state index contributed by atoms with van der Waals surface area (Å²) >= 11 is 0. The predicted octanol–water partition coefficient (Wildman–Crippen LogP) is 2.23. The Morgan fingerprint density at radius 1 is 1.07 bits per heavy atom. The summed E-state index contributed by atoms with van der Waals surface area (Å²) in [5.41, 5.74) is 2.16. The highest BCUT2D eigenvalue weighted by molar-refractivity contribution is 7.89. The van der Waals surface area contributed by atoms with Gasteiger partial charge in [0.15, 0.2) is 5.52 Å². The molecule has 5 heterocycles. The van der Waals surface area contributed by atoms with Crippen LogP contribution in [0, 0.1) is 0 Å². The molecule has 0 aromatic carbocycles. The summed E-state index contributed by atoms with van der Waals surface area (Å²) in [7, 11) is 0.254. The average Bonchev–Trinajstić information content (AvgIpc) is 3.35. The first-order valence-corrected chi connectivity index (χ1v) is 16.5. The van der Waals surface area contributed by atoms with Gasteiger partial charge in [0, 0.05) is 32.4 Å². The first-order chi connectivity index (χ1) is 21.2. The molecule has 0 aliphatic carbocycles. The normalized spacial score (nSPS) is 14.9. The molecule has 1 fully saturated rings. The monoisotopic (exact) mass is 623 g/mol. The largest absolute Gasteiger partial charge is 0.477 e. The quantitative estimate of drug-likeness (QED) is 0.236. The summed E-state index contributed by atoms with van der Waals surface area (Å²) < 4.78 is 36.5. The van der Waals surface area contributed by atoms with Crippen LogP contribution in [0.3, 0.4) is 0 Å². The Kier molecular flexibility index (Phi) is 10.0. The van der Waals surface area contributed by atoms with Gasteiger partial charge in [0.05, 0.1) is 36.3 Å². The van der Waals surface area contributed by atoms with Gasteiger partial charge in [-0.2, -0.15) is 9.40 Å². The number of aromatic amines is 1. The molecule has 0 atom stereocenters. The van der Waals surface area contributed by atoms with Crippen LogP contribution in [0.15, 0.2) is 46.3 Å². The minimum Gasteiger partial charge on any atom is -0.477 e. The van der Waals surface area contributed by atoms with E-state index in [1.165, 1.54) is 16.6 Å². The van der Waals surface area contributed by atoms with Crippen molar-refractivity contribution in [2.75, 3.05) is 60.0 Å². The van der Waals surface area contributed by atoms with E-state index < -0.39 is 15.6 Å². The molecule has 1 N–H and O–H groups in total. The van der Waals surface area contributed by atoms with Gasteiger partial charge in [-0.1, -0.05) is 19.4 Å². The Bertz CT molecular complexity index is 1730. The standard InChI is InChI=1S/C30H41N9O4S/c1-5-10-25-26-27(35-39(25)21-22-11-7-8-12-31-22)29(40)34-28(33-26)24-19-23(20-32-30(24)43-6-2)44(41,42)38-17-15-37(16-18-38)14-9-13-36(3)4/h7-8,11-12,19-20H,5-6,9-10,13-18,21H2,1-4H3,(H,33,34,40). The number of nitrogens with zero attached hydrogens (tertiary/aromatic N) is 8. The van der Waals surface area contributed by atoms with Crippen LogP contribution in [0.25, 0.3) is 22.4 Å². The molecule has 0 spiro atoms. The minimum atomic E-state index is -3.84. The maximum Gasteiger partial charge on any atom is 0.279 e. The van der Waals surface area contributed by atoms with Crippen molar-refractivity contribution in [3.63, 3.8) is 0 Å². The molecule has 1 aliphatic rings. The first-order valence-electron chi connectivity index (χ1n) is 15.1. The van der Waals surface area contributed by atoms with Gasteiger partial charge in [0.25, 0.3) is 5.56 Å². The zero-order valence-electron chi connectivity index (χ0n) is 25.9. The fourth-order valence-corrected chi connectivity index (χ4v) is 6.80. The number of aromatic nitrogens is 6. The van der Waals surface area contributed by atoms with E-state index in [0.29, 0.717) is 56.8 Å². The molecular formula is C30H41N9O4S. The van der Waals surface area contributed by atoms with Crippen molar-refractivity contribution in [2.45, 2.75) is 44.6 Å². The van der Waals surface area contributed by atoms with Crippen LogP contribution in [0.1, 0.15) is 38.1 Å². The van der Waals surface area contributed by atoms with Gasteiger partial charge in [0.2, 0.25) is 15.9 Å². The van der Waals surface area contributed by atoms with Crippen LogP contribution in [-0.4, -0.2) is 112 Å². The third kappa shape index (κ3) is 6.98. The van der Waals surface area contributed by atoms with Crippen LogP contribution in [0.2, 0.25) is 0 Å². The summed E-state index contributed by atoms with van der Waals surface area (Å²) in [6.45, 7) is 8.60. The van der Waals surface area contributed by atoms with Crippen molar-refractivity contribution < 1.29 is 13.2 Å². The predicted molar refractivity (Wildman–Crippen MR) is 168 cm³/mol. The van der Waals surface area contributed by atoms with E-state index in [1.54, 1.807) is 10.9 Å². The van der Waals surface area contributed by atoms with E-state index in [9.17, 15) is 13.2 Å². The number of hydrogen-bond acceptors (Lipinski definition) is 10. The molecule has 14 heteroatoms. The average molecular weight is 624 g/mol. The second-order valence-electron chi connectivity index (χ2n) is 11.1. The third-order valence-electron chi connectivity index (χ3n) is 7.64. The third-order valence-corrected chi connectivity index (χ3v) is 9.50. The maximum atomic E-state index is 13.8. The number of piperazine rings is 1. The van der Waals surface area contributed by atoms with Crippen LogP contribution >= 0.6 is 0 Å². The van der Waals surface area contributed by atoms with Gasteiger partial charge in [0.1, 0.15) is 16.2 Å². The van der Waals surface area contributed by atoms with E-state index in [0.717, 1.165) is 37.3 Å². The Morgan fingerprint density at radius 2 is 1.86 bits per heavy atom. The topological polar surface area (TPSA) is 142 Å². The van der Waals surface area contributed by atoms with Crippen LogP contribution < -0.4 is 10.3 Å². The van der Waals surface area contributed by atoms with Gasteiger partial charge in [-0.25, -0.2) is 18.4 Å². The van der Waals surface area contributed by atoms with Gasteiger partial charge in [-0.05, 0) is 65.1 Å². The molecule has 0 saturated carbocycles. The Labute approximate surface area is 257 Å². The molecule has 236 valence electrons. The first kappa shape index (κ1) is 31.7. The lowest BCUT2D eigenvalue weighted by Crippen LogP contribution is -2.49. The summed E-state index contributed by atoms with van der Waals surface area (Å²) in [4.78, 5) is 34.2. The summed E-state index contributed by atoms with van der Waals surface area (Å²) in [5, 5.41) is 4.59. The van der Waals surface area contributed by atoms with Gasteiger partial charge in [-0.3, -0.25) is 14.5 Å². The van der Waals surface area contributed by atoms with E-state index in [1.807, 2.05) is 46.1 Å². The number of rotatable bonds is 13. The van der Waals surface area contributed by atoms with Crippen LogP contribution in [0.4, 0.5) is 0 Å². The highest BCUT2D eigenvalue weighted by Crippen LogP contribution is 2.30. The van der Waals surface area contributed by atoms with Crippen LogP contribution in [-0.2, 0) is 23.0 Å². The number of fused-ring (bicyclic) bond motifs is 1. The van der Waals surface area contributed by atoms with E-state index >= 15 is 0 Å². The lowest BCUT2D eigenvalue weighted by Gasteiger charge is -2.34. The van der Waals surface area contributed by atoms with Gasteiger partial charge in [-0.15, -0.1) is 0 Å². The fourth-order valence-electron chi connectivity index (χ4n) is 5.40. The Morgan fingerprint density at radius 3 is 2.55 bits per heavy atom. The van der Waals surface area contributed by atoms with Crippen molar-refractivity contribution in [3.05, 3.63) is 58.4 Å². The molecule has 1 aliphatic heterocycles. The zero-order valence-corrected chi connectivity index (χ0v) is 26.7. The molecule has 4 aromatic heterocycles. The second kappa shape index (κ2) is 13.9. The lowest BCUT2D eigenvalue weighted by atomic mass is 10.2. The number of nitrogens with one attached hydrogen (secondary N) is 1. The van der Waals surface area contributed by atoms with Crippen molar-refractivity contribution in [3.8, 4) is 17.3 Å². The molecule has 13 nitrogen and oxygen atoms in total. The number of sulfonamides is 1. The second-order valence-corrected chi connectivity index (χ2v) is 13.1. The summed E-state index contributed by atoms with van der Waals surface area (Å²) in [6, 6.07) is 7.16. The molecule has 4 aromatic rings. The van der Waals surface area contributed by atoms with E-state index in [4.69, 9.17) is 9.72 Å². The van der Waals surface area contributed by atoms with Crippen molar-refractivity contribution >= 4 is 21.1 Å². The molecule has 0 bridgehead atoms. The Hall–Kier alpha value is -3.72. The number of ether oxygens (including phenoxy) is 1. The molecule has 44 heavy (non-hydrogen) atoms. The number of hydrogen-bond donors (Lipinski definition) is 1. The fraction of sp³-hybridized carbons (Fsp3) is 0.500. The van der Waals surface area contributed by atoms with Crippen LogP contribution in [0.5, 0.6) is 5.88 Å².